The third-order valence-electron chi connectivity index (χ3n) is 3.66. The van der Waals surface area contributed by atoms with Crippen molar-refractivity contribution in [2.75, 3.05) is 31.5 Å². The Labute approximate surface area is 132 Å². The number of carbonyl (C=O) groups is 2. The lowest BCUT2D eigenvalue weighted by Crippen LogP contribution is -2.51. The van der Waals surface area contributed by atoms with E-state index in [2.05, 4.69) is 5.32 Å². The normalized spacial score (nSPS) is 15.5. The molecule has 0 spiro atoms. The lowest BCUT2D eigenvalue weighted by atomic mass is 10.2. The lowest BCUT2D eigenvalue weighted by Gasteiger charge is -2.34. The zero-order chi connectivity index (χ0) is 17.0. The molecule has 126 valence electrons. The highest BCUT2D eigenvalue weighted by Gasteiger charge is 2.30. The minimum atomic E-state index is -4.45. The van der Waals surface area contributed by atoms with Crippen LogP contribution >= 0.6 is 0 Å². The number of anilines is 1. The first-order chi connectivity index (χ1) is 10.8. The van der Waals surface area contributed by atoms with Crippen LogP contribution in [0.25, 0.3) is 0 Å². The van der Waals surface area contributed by atoms with E-state index in [1.165, 1.54) is 17.0 Å². The maximum absolute atomic E-state index is 12.7. The molecule has 1 fully saturated rings. The number of alkyl halides is 3. The molecule has 23 heavy (non-hydrogen) atoms. The Morgan fingerprint density at radius 2 is 1.74 bits per heavy atom. The molecule has 0 radical (unpaired) electrons. The van der Waals surface area contributed by atoms with Gasteiger partial charge < -0.3 is 15.1 Å². The standard InChI is InChI=1S/C15H18F3N3O2/c1-2-13(22)20-6-8-21(9-7-20)14(23)19-12-5-3-4-11(10-12)15(16,17)18/h3-5,10H,2,6-9H2,1H3,(H,19,23). The molecule has 1 heterocycles. The summed E-state index contributed by atoms with van der Waals surface area (Å²) in [6.45, 7) is 3.35. The van der Waals surface area contributed by atoms with Crippen molar-refractivity contribution in [3.8, 4) is 0 Å². The summed E-state index contributed by atoms with van der Waals surface area (Å²) in [4.78, 5) is 26.8. The summed E-state index contributed by atoms with van der Waals surface area (Å²) in [5.41, 5.74) is -0.717. The zero-order valence-corrected chi connectivity index (χ0v) is 12.7. The SMILES string of the molecule is CCC(=O)N1CCN(C(=O)Nc2cccc(C(F)(F)F)c2)CC1. The van der Waals surface area contributed by atoms with Gasteiger partial charge in [-0.25, -0.2) is 4.79 Å². The molecule has 1 aromatic carbocycles. The minimum Gasteiger partial charge on any atom is -0.339 e. The van der Waals surface area contributed by atoms with Crippen LogP contribution in [0.1, 0.15) is 18.9 Å². The predicted octanol–water partition coefficient (Wildman–Crippen LogP) is 2.79. The third-order valence-corrected chi connectivity index (χ3v) is 3.66. The molecule has 0 bridgehead atoms. The van der Waals surface area contributed by atoms with E-state index < -0.39 is 17.8 Å². The van der Waals surface area contributed by atoms with Crippen LogP contribution < -0.4 is 5.32 Å². The summed E-state index contributed by atoms with van der Waals surface area (Å²) in [6.07, 6.45) is -4.04. The molecular weight excluding hydrogens is 311 g/mol. The topological polar surface area (TPSA) is 52.7 Å². The molecule has 2 rings (SSSR count). The Morgan fingerprint density at radius 3 is 2.30 bits per heavy atom. The van der Waals surface area contributed by atoms with Gasteiger partial charge in [-0.1, -0.05) is 13.0 Å². The molecule has 1 aliphatic heterocycles. The van der Waals surface area contributed by atoms with E-state index in [0.29, 0.717) is 32.6 Å². The number of nitrogens with zero attached hydrogens (tertiary/aromatic N) is 2. The lowest BCUT2D eigenvalue weighted by molar-refractivity contribution is -0.137. The highest BCUT2D eigenvalue weighted by Crippen LogP contribution is 2.30. The van der Waals surface area contributed by atoms with Crippen molar-refractivity contribution in [3.63, 3.8) is 0 Å². The second-order valence-electron chi connectivity index (χ2n) is 5.23. The summed E-state index contributed by atoms with van der Waals surface area (Å²) in [5, 5.41) is 2.47. The average molecular weight is 329 g/mol. The van der Waals surface area contributed by atoms with Gasteiger partial charge in [0.1, 0.15) is 0 Å². The van der Waals surface area contributed by atoms with Crippen LogP contribution in [-0.4, -0.2) is 47.9 Å². The maximum atomic E-state index is 12.7. The van der Waals surface area contributed by atoms with E-state index >= 15 is 0 Å². The van der Waals surface area contributed by atoms with Crippen molar-refractivity contribution < 1.29 is 22.8 Å². The average Bonchev–Trinajstić information content (AvgIpc) is 2.53. The van der Waals surface area contributed by atoms with E-state index in [9.17, 15) is 22.8 Å². The first-order valence-corrected chi connectivity index (χ1v) is 7.32. The Kier molecular flexibility index (Phi) is 5.12. The summed E-state index contributed by atoms with van der Waals surface area (Å²) in [7, 11) is 0. The van der Waals surface area contributed by atoms with Crippen LogP contribution in [0, 0.1) is 0 Å². The number of piperazine rings is 1. The predicted molar refractivity (Wildman–Crippen MR) is 78.9 cm³/mol. The van der Waals surface area contributed by atoms with Crippen LogP contribution in [0.5, 0.6) is 0 Å². The van der Waals surface area contributed by atoms with Gasteiger partial charge in [-0.2, -0.15) is 13.2 Å². The molecule has 0 aliphatic carbocycles. The number of amides is 3. The maximum Gasteiger partial charge on any atom is 0.416 e. The van der Waals surface area contributed by atoms with Crippen molar-refractivity contribution in [2.24, 2.45) is 0 Å². The van der Waals surface area contributed by atoms with Crippen LogP contribution in [0.4, 0.5) is 23.7 Å². The van der Waals surface area contributed by atoms with Gasteiger partial charge in [0, 0.05) is 38.3 Å². The van der Waals surface area contributed by atoms with Crippen molar-refractivity contribution in [1.82, 2.24) is 9.80 Å². The van der Waals surface area contributed by atoms with E-state index in [-0.39, 0.29) is 11.6 Å². The van der Waals surface area contributed by atoms with Crippen molar-refractivity contribution in [2.45, 2.75) is 19.5 Å². The fourth-order valence-electron chi connectivity index (χ4n) is 2.36. The molecule has 8 heteroatoms. The van der Waals surface area contributed by atoms with Crippen LogP contribution in [0.2, 0.25) is 0 Å². The van der Waals surface area contributed by atoms with Gasteiger partial charge in [0.05, 0.1) is 5.56 Å². The first kappa shape index (κ1) is 17.1. The molecule has 0 unspecified atom stereocenters. The first-order valence-electron chi connectivity index (χ1n) is 7.32. The van der Waals surface area contributed by atoms with E-state index in [0.717, 1.165) is 12.1 Å². The number of carbonyl (C=O) groups excluding carboxylic acids is 2. The van der Waals surface area contributed by atoms with Crippen LogP contribution in [0.15, 0.2) is 24.3 Å². The fourth-order valence-corrected chi connectivity index (χ4v) is 2.36. The van der Waals surface area contributed by atoms with E-state index in [1.807, 2.05) is 0 Å². The number of benzene rings is 1. The van der Waals surface area contributed by atoms with Gasteiger partial charge in [0.2, 0.25) is 5.91 Å². The van der Waals surface area contributed by atoms with E-state index in [1.54, 1.807) is 11.8 Å². The number of hydrogen-bond acceptors (Lipinski definition) is 2. The highest BCUT2D eigenvalue weighted by molar-refractivity contribution is 5.89. The number of halogens is 3. The highest BCUT2D eigenvalue weighted by atomic mass is 19.4. The monoisotopic (exact) mass is 329 g/mol. The Bertz CT molecular complexity index is 582. The molecule has 0 aromatic heterocycles. The molecule has 1 aromatic rings. The smallest absolute Gasteiger partial charge is 0.339 e. The van der Waals surface area contributed by atoms with Gasteiger partial charge in [-0.3, -0.25) is 4.79 Å². The molecule has 1 N–H and O–H groups in total. The van der Waals surface area contributed by atoms with Gasteiger partial charge in [0.15, 0.2) is 0 Å². The summed E-state index contributed by atoms with van der Waals surface area (Å²) in [6, 6.07) is 4.03. The number of urea groups is 1. The molecule has 3 amide bonds. The van der Waals surface area contributed by atoms with Gasteiger partial charge in [-0.15, -0.1) is 0 Å². The van der Waals surface area contributed by atoms with E-state index in [4.69, 9.17) is 0 Å². The molecule has 0 atom stereocenters. The van der Waals surface area contributed by atoms with Gasteiger partial charge >= 0.3 is 12.2 Å². The molecule has 1 aliphatic rings. The van der Waals surface area contributed by atoms with Crippen molar-refractivity contribution >= 4 is 17.6 Å². The number of nitrogens with one attached hydrogen (secondary N) is 1. The van der Waals surface area contributed by atoms with Crippen LogP contribution in [-0.2, 0) is 11.0 Å². The third kappa shape index (κ3) is 4.37. The molecule has 0 saturated carbocycles. The Balaban J connectivity index is 1.94. The number of rotatable bonds is 2. The molecule has 5 nitrogen and oxygen atoms in total. The van der Waals surface area contributed by atoms with Crippen molar-refractivity contribution in [3.05, 3.63) is 29.8 Å². The Morgan fingerprint density at radius 1 is 1.13 bits per heavy atom. The second kappa shape index (κ2) is 6.89. The Hall–Kier alpha value is -2.25. The van der Waals surface area contributed by atoms with Gasteiger partial charge in [0.25, 0.3) is 0 Å². The quantitative estimate of drug-likeness (QED) is 0.907. The number of hydrogen-bond donors (Lipinski definition) is 1. The summed E-state index contributed by atoms with van der Waals surface area (Å²) >= 11 is 0. The summed E-state index contributed by atoms with van der Waals surface area (Å²) in [5.74, 6) is 0.0305. The second-order valence-corrected chi connectivity index (χ2v) is 5.23. The summed E-state index contributed by atoms with van der Waals surface area (Å²) < 4.78 is 38.0. The van der Waals surface area contributed by atoms with Gasteiger partial charge in [-0.05, 0) is 18.2 Å². The minimum absolute atomic E-state index is 0.0305. The molecule has 1 saturated heterocycles. The molecular formula is C15H18F3N3O2. The fraction of sp³-hybridized carbons (Fsp3) is 0.467. The largest absolute Gasteiger partial charge is 0.416 e. The van der Waals surface area contributed by atoms with Crippen LogP contribution in [0.3, 0.4) is 0 Å². The zero-order valence-electron chi connectivity index (χ0n) is 12.7. The van der Waals surface area contributed by atoms with Crippen molar-refractivity contribution in [1.29, 1.82) is 0 Å².